The Balaban J connectivity index is 1.64. The quantitative estimate of drug-likeness (QED) is 0.707. The number of amides is 2. The fraction of sp³-hybridized carbons (Fsp3) is 0. The Morgan fingerprint density at radius 3 is 2.40 bits per heavy atom. The minimum atomic E-state index is -0.927. The van der Waals surface area contributed by atoms with Gasteiger partial charge < -0.3 is 9.82 Å². The number of fused-ring (bicyclic) bond motifs is 2. The van der Waals surface area contributed by atoms with Crippen molar-refractivity contribution in [2.75, 3.05) is 0 Å². The third kappa shape index (κ3) is 2.27. The van der Waals surface area contributed by atoms with Gasteiger partial charge in [0.05, 0.1) is 16.7 Å². The molecule has 25 heavy (non-hydrogen) atoms. The third-order valence-electron chi connectivity index (χ3n) is 3.78. The number of carbonyl (C=O) groups is 3. The van der Waals surface area contributed by atoms with Crippen LogP contribution in [0.3, 0.4) is 0 Å². The van der Waals surface area contributed by atoms with E-state index in [1.165, 1.54) is 24.4 Å². The number of hydrogen-bond acceptors (Lipinski definition) is 6. The molecule has 1 aliphatic rings. The summed E-state index contributed by atoms with van der Waals surface area (Å²) in [4.78, 5) is 59.6. The fourth-order valence-corrected chi connectivity index (χ4v) is 2.57. The molecule has 0 atom stereocenters. The summed E-state index contributed by atoms with van der Waals surface area (Å²) in [5.41, 5.74) is 0.124. The summed E-state index contributed by atoms with van der Waals surface area (Å²) in [6.45, 7) is 0. The van der Waals surface area contributed by atoms with E-state index >= 15 is 0 Å². The molecule has 0 unspecified atom stereocenters. The van der Waals surface area contributed by atoms with Crippen LogP contribution in [-0.2, 0) is 4.84 Å². The van der Waals surface area contributed by atoms with Crippen molar-refractivity contribution in [3.63, 3.8) is 0 Å². The monoisotopic (exact) mass is 335 g/mol. The Hall–Kier alpha value is -3.81. The van der Waals surface area contributed by atoms with Crippen molar-refractivity contribution in [2.45, 2.75) is 0 Å². The van der Waals surface area contributed by atoms with E-state index in [0.717, 1.165) is 6.20 Å². The van der Waals surface area contributed by atoms with Gasteiger partial charge in [-0.05, 0) is 24.3 Å². The van der Waals surface area contributed by atoms with Crippen LogP contribution < -0.4 is 5.56 Å². The lowest BCUT2D eigenvalue weighted by Gasteiger charge is -2.12. The van der Waals surface area contributed by atoms with Crippen molar-refractivity contribution in [3.8, 4) is 0 Å². The number of pyridine rings is 2. The van der Waals surface area contributed by atoms with Gasteiger partial charge in [-0.15, -0.1) is 0 Å². The van der Waals surface area contributed by atoms with Crippen LogP contribution in [0.2, 0.25) is 0 Å². The highest BCUT2D eigenvalue weighted by molar-refractivity contribution is 6.21. The zero-order chi connectivity index (χ0) is 17.6. The average Bonchev–Trinajstić information content (AvgIpc) is 2.87. The molecular weight excluding hydrogens is 326 g/mol. The predicted octanol–water partition coefficient (Wildman–Crippen LogP) is 1.29. The standard InChI is InChI=1S/C17H9N3O5/c21-14-13-9(5-6-18-14)7-10(8-19-13)17(24)25-20-15(22)11-3-1-2-4-12(11)16(20)23/h1-8H,(H,18,21). The Morgan fingerprint density at radius 1 is 1.04 bits per heavy atom. The number of aromatic amines is 1. The van der Waals surface area contributed by atoms with E-state index in [9.17, 15) is 19.2 Å². The summed E-state index contributed by atoms with van der Waals surface area (Å²) >= 11 is 0. The number of carbonyl (C=O) groups excluding carboxylic acids is 3. The molecule has 3 aromatic rings. The van der Waals surface area contributed by atoms with E-state index < -0.39 is 23.3 Å². The molecule has 1 aromatic carbocycles. The third-order valence-corrected chi connectivity index (χ3v) is 3.78. The lowest BCUT2D eigenvalue weighted by atomic mass is 10.1. The molecule has 0 fully saturated rings. The topological polar surface area (TPSA) is 109 Å². The molecule has 1 N–H and O–H groups in total. The first-order chi connectivity index (χ1) is 12.1. The van der Waals surface area contributed by atoms with Gasteiger partial charge in [0.1, 0.15) is 5.52 Å². The Morgan fingerprint density at radius 2 is 1.72 bits per heavy atom. The summed E-state index contributed by atoms with van der Waals surface area (Å²) in [5.74, 6) is -2.34. The number of benzene rings is 1. The second-order valence-electron chi connectivity index (χ2n) is 5.30. The molecule has 1 aliphatic heterocycles. The molecule has 8 heteroatoms. The van der Waals surface area contributed by atoms with Crippen LogP contribution in [0.4, 0.5) is 0 Å². The highest BCUT2D eigenvalue weighted by Crippen LogP contribution is 2.23. The number of nitrogens with one attached hydrogen (secondary N) is 1. The number of nitrogens with zero attached hydrogens (tertiary/aromatic N) is 2. The van der Waals surface area contributed by atoms with Crippen LogP contribution in [0, 0.1) is 0 Å². The van der Waals surface area contributed by atoms with Crippen molar-refractivity contribution in [1.29, 1.82) is 0 Å². The maximum absolute atomic E-state index is 12.3. The summed E-state index contributed by atoms with van der Waals surface area (Å²) < 4.78 is 0. The first-order valence-electron chi connectivity index (χ1n) is 7.24. The van der Waals surface area contributed by atoms with Gasteiger partial charge in [0.25, 0.3) is 17.4 Å². The van der Waals surface area contributed by atoms with Crippen LogP contribution >= 0.6 is 0 Å². The summed E-state index contributed by atoms with van der Waals surface area (Å²) in [6.07, 6.45) is 2.57. The van der Waals surface area contributed by atoms with Crippen LogP contribution in [0.15, 0.2) is 53.6 Å². The molecule has 3 heterocycles. The van der Waals surface area contributed by atoms with Crippen molar-refractivity contribution in [3.05, 3.63) is 75.8 Å². The Bertz CT molecular complexity index is 1080. The SMILES string of the molecule is O=C(ON1C(=O)c2ccccc2C1=O)c1cnc2c(=O)[nH]ccc2c1. The van der Waals surface area contributed by atoms with Crippen LogP contribution in [0.1, 0.15) is 31.1 Å². The molecule has 0 saturated carbocycles. The number of rotatable bonds is 2. The van der Waals surface area contributed by atoms with Crippen molar-refractivity contribution < 1.29 is 19.2 Å². The normalized spacial score (nSPS) is 13.2. The van der Waals surface area contributed by atoms with Crippen molar-refractivity contribution in [2.24, 2.45) is 0 Å². The van der Waals surface area contributed by atoms with Crippen LogP contribution in [0.5, 0.6) is 0 Å². The first kappa shape index (κ1) is 14.8. The summed E-state index contributed by atoms with van der Waals surface area (Å²) in [5, 5.41) is 0.857. The predicted molar refractivity (Wildman–Crippen MR) is 84.7 cm³/mol. The number of H-pyrrole nitrogens is 1. The fourth-order valence-electron chi connectivity index (χ4n) is 2.57. The van der Waals surface area contributed by atoms with Gasteiger partial charge >= 0.3 is 5.97 Å². The maximum atomic E-state index is 12.3. The van der Waals surface area contributed by atoms with Gasteiger partial charge in [-0.2, -0.15) is 0 Å². The lowest BCUT2D eigenvalue weighted by molar-refractivity contribution is -0.0584. The molecule has 4 rings (SSSR count). The second kappa shape index (κ2) is 5.38. The zero-order valence-corrected chi connectivity index (χ0v) is 12.6. The average molecular weight is 335 g/mol. The minimum Gasteiger partial charge on any atom is -0.327 e. The molecule has 0 bridgehead atoms. The van der Waals surface area contributed by atoms with Gasteiger partial charge in [-0.3, -0.25) is 14.4 Å². The number of imide groups is 1. The smallest absolute Gasteiger partial charge is 0.327 e. The van der Waals surface area contributed by atoms with Gasteiger partial charge in [0.15, 0.2) is 0 Å². The Kier molecular flexibility index (Phi) is 3.17. The molecule has 2 aromatic heterocycles. The van der Waals surface area contributed by atoms with Crippen molar-refractivity contribution in [1.82, 2.24) is 15.0 Å². The van der Waals surface area contributed by atoms with E-state index in [1.54, 1.807) is 18.2 Å². The van der Waals surface area contributed by atoms with Crippen LogP contribution in [-0.4, -0.2) is 32.8 Å². The molecule has 0 radical (unpaired) electrons. The van der Waals surface area contributed by atoms with Gasteiger partial charge in [-0.25, -0.2) is 9.78 Å². The van der Waals surface area contributed by atoms with E-state index in [1.807, 2.05) is 0 Å². The minimum absolute atomic E-state index is 0.00894. The number of hydroxylamine groups is 2. The van der Waals surface area contributed by atoms with E-state index in [2.05, 4.69) is 9.97 Å². The van der Waals surface area contributed by atoms with Gasteiger partial charge in [0, 0.05) is 17.8 Å². The lowest BCUT2D eigenvalue weighted by Crippen LogP contribution is -2.32. The second-order valence-corrected chi connectivity index (χ2v) is 5.30. The van der Waals surface area contributed by atoms with Crippen molar-refractivity contribution >= 4 is 28.7 Å². The maximum Gasteiger partial charge on any atom is 0.365 e. The first-order valence-corrected chi connectivity index (χ1v) is 7.24. The summed E-state index contributed by atoms with van der Waals surface area (Å²) in [6, 6.07) is 9.15. The molecule has 0 spiro atoms. The van der Waals surface area contributed by atoms with E-state index in [-0.39, 0.29) is 22.2 Å². The van der Waals surface area contributed by atoms with E-state index in [0.29, 0.717) is 10.4 Å². The molecule has 0 saturated heterocycles. The number of aromatic nitrogens is 2. The molecule has 0 aliphatic carbocycles. The highest BCUT2D eigenvalue weighted by Gasteiger charge is 2.38. The number of hydrogen-bond donors (Lipinski definition) is 1. The molecule has 2 amide bonds. The molecule has 8 nitrogen and oxygen atoms in total. The largest absolute Gasteiger partial charge is 0.365 e. The molecular formula is C17H9N3O5. The summed E-state index contributed by atoms with van der Waals surface area (Å²) in [7, 11) is 0. The van der Waals surface area contributed by atoms with Crippen LogP contribution in [0.25, 0.3) is 10.9 Å². The van der Waals surface area contributed by atoms with Gasteiger partial charge in [0.2, 0.25) is 0 Å². The van der Waals surface area contributed by atoms with E-state index in [4.69, 9.17) is 4.84 Å². The zero-order valence-electron chi connectivity index (χ0n) is 12.6. The highest BCUT2D eigenvalue weighted by atomic mass is 16.7. The Labute approximate surface area is 139 Å². The van der Waals surface area contributed by atoms with Gasteiger partial charge in [-0.1, -0.05) is 17.2 Å². The molecule has 122 valence electrons.